The first-order valence-electron chi connectivity index (χ1n) is 7.41. The number of nitrogens with one attached hydrogen (secondary N) is 2. The molecule has 0 aromatic heterocycles. The number of nitrogens with two attached hydrogens (primary N) is 1. The van der Waals surface area contributed by atoms with Gasteiger partial charge in [0.1, 0.15) is 18.2 Å². The number of ether oxygens (including phenoxy) is 2. The number of carbonyl (C=O) groups excluding carboxylic acids is 3. The van der Waals surface area contributed by atoms with Crippen LogP contribution in [0, 0.1) is 0 Å². The highest BCUT2D eigenvalue weighted by Crippen LogP contribution is 2.09. The maximum absolute atomic E-state index is 11.8. The Labute approximate surface area is 140 Å². The van der Waals surface area contributed by atoms with E-state index in [1.807, 2.05) is 23.6 Å². The van der Waals surface area contributed by atoms with Gasteiger partial charge in [-0.3, -0.25) is 15.0 Å². The summed E-state index contributed by atoms with van der Waals surface area (Å²) in [6.07, 6.45) is -1.20. The van der Waals surface area contributed by atoms with Gasteiger partial charge in [0, 0.05) is 0 Å². The minimum atomic E-state index is -1.19. The van der Waals surface area contributed by atoms with Crippen LogP contribution in [0.4, 0.5) is 4.79 Å². The Morgan fingerprint density at radius 1 is 1.17 bits per heavy atom. The van der Waals surface area contributed by atoms with Crippen molar-refractivity contribution in [1.82, 2.24) is 10.7 Å². The fourth-order valence-corrected chi connectivity index (χ4v) is 1.77. The van der Waals surface area contributed by atoms with E-state index in [4.69, 9.17) is 15.3 Å². The van der Waals surface area contributed by atoms with Crippen LogP contribution in [-0.2, 0) is 25.7 Å². The third-order valence-corrected chi connectivity index (χ3v) is 2.75. The monoisotopic (exact) mass is 337 g/mol. The van der Waals surface area contributed by atoms with Gasteiger partial charge in [-0.15, -0.1) is 0 Å². The molecule has 0 bridgehead atoms. The van der Waals surface area contributed by atoms with Crippen molar-refractivity contribution < 1.29 is 23.9 Å². The number of hydrogen-bond donors (Lipinski definition) is 3. The summed E-state index contributed by atoms with van der Waals surface area (Å²) in [5.41, 5.74) is 1.99. The van der Waals surface area contributed by atoms with Gasteiger partial charge in [-0.1, -0.05) is 30.3 Å². The Morgan fingerprint density at radius 3 is 2.33 bits per heavy atom. The number of benzene rings is 1. The third kappa shape index (κ3) is 7.59. The van der Waals surface area contributed by atoms with E-state index in [9.17, 15) is 14.4 Å². The molecule has 8 nitrogen and oxygen atoms in total. The van der Waals surface area contributed by atoms with Crippen molar-refractivity contribution >= 4 is 18.0 Å². The van der Waals surface area contributed by atoms with Crippen LogP contribution in [0.15, 0.2) is 30.3 Å². The van der Waals surface area contributed by atoms with Gasteiger partial charge in [-0.2, -0.15) is 0 Å². The van der Waals surface area contributed by atoms with Gasteiger partial charge < -0.3 is 14.8 Å². The first kappa shape index (κ1) is 19.4. The molecule has 1 atom stereocenters. The minimum Gasteiger partial charge on any atom is -0.460 e. The molecule has 8 heteroatoms. The highest BCUT2D eigenvalue weighted by molar-refractivity contribution is 5.89. The quantitative estimate of drug-likeness (QED) is 0.308. The lowest BCUT2D eigenvalue weighted by Crippen LogP contribution is -2.50. The molecule has 0 saturated carbocycles. The molecule has 0 spiro atoms. The molecule has 0 heterocycles. The molecule has 24 heavy (non-hydrogen) atoms. The number of esters is 1. The minimum absolute atomic E-state index is 0.0378. The van der Waals surface area contributed by atoms with E-state index in [-0.39, 0.29) is 13.0 Å². The van der Waals surface area contributed by atoms with E-state index in [2.05, 4.69) is 5.32 Å². The highest BCUT2D eigenvalue weighted by atomic mass is 16.6. The fourth-order valence-electron chi connectivity index (χ4n) is 1.77. The van der Waals surface area contributed by atoms with Crippen LogP contribution in [-0.4, -0.2) is 29.6 Å². The van der Waals surface area contributed by atoms with Gasteiger partial charge in [-0.05, 0) is 26.3 Å². The number of amides is 2. The average Bonchev–Trinajstić information content (AvgIpc) is 2.50. The summed E-state index contributed by atoms with van der Waals surface area (Å²) >= 11 is 0. The predicted molar refractivity (Wildman–Crippen MR) is 86.3 cm³/mol. The van der Waals surface area contributed by atoms with Gasteiger partial charge >= 0.3 is 12.1 Å². The first-order valence-corrected chi connectivity index (χ1v) is 7.41. The highest BCUT2D eigenvalue weighted by Gasteiger charge is 2.27. The molecule has 4 N–H and O–H groups in total. The zero-order chi connectivity index (χ0) is 18.2. The lowest BCUT2D eigenvalue weighted by atomic mass is 10.1. The van der Waals surface area contributed by atoms with Gasteiger partial charge in [-0.25, -0.2) is 10.6 Å². The summed E-state index contributed by atoms with van der Waals surface area (Å²) in [6.45, 7) is 5.13. The predicted octanol–water partition coefficient (Wildman–Crippen LogP) is 1.00. The Kier molecular flexibility index (Phi) is 7.19. The molecule has 1 unspecified atom stereocenters. The van der Waals surface area contributed by atoms with E-state index >= 15 is 0 Å². The summed E-state index contributed by atoms with van der Waals surface area (Å²) in [6, 6.07) is 7.85. The second-order valence-electron chi connectivity index (χ2n) is 6.06. The molecule has 2 amide bonds. The summed E-state index contributed by atoms with van der Waals surface area (Å²) in [7, 11) is 0. The van der Waals surface area contributed by atoms with E-state index in [1.54, 1.807) is 32.9 Å². The van der Waals surface area contributed by atoms with Crippen molar-refractivity contribution in [3.63, 3.8) is 0 Å². The normalized spacial score (nSPS) is 12.0. The van der Waals surface area contributed by atoms with Crippen molar-refractivity contribution in [3.05, 3.63) is 35.9 Å². The molecule has 0 saturated heterocycles. The zero-order valence-corrected chi connectivity index (χ0v) is 14.0. The molecule has 1 aromatic carbocycles. The average molecular weight is 337 g/mol. The van der Waals surface area contributed by atoms with Crippen molar-refractivity contribution in [3.8, 4) is 0 Å². The van der Waals surface area contributed by atoms with Crippen molar-refractivity contribution in [2.24, 2.45) is 5.84 Å². The number of alkyl carbamates (subject to hydrolysis) is 1. The van der Waals surface area contributed by atoms with Crippen LogP contribution >= 0.6 is 0 Å². The standard InChI is InChI=1S/C16H23N3O5/c1-16(2,3)24-13(20)9-12(14(21)19-17)18-15(22)23-10-11-7-5-4-6-8-11/h4-8,12H,9-10,17H2,1-3H3,(H,18,22)(H,19,21). The van der Waals surface area contributed by atoms with Crippen LogP contribution in [0.3, 0.4) is 0 Å². The van der Waals surface area contributed by atoms with Crippen LogP contribution in [0.5, 0.6) is 0 Å². The first-order chi connectivity index (χ1) is 11.2. The molecule has 1 rings (SSSR count). The fraction of sp³-hybridized carbons (Fsp3) is 0.438. The number of carbonyl (C=O) groups is 3. The number of hydrazine groups is 1. The molecule has 0 radical (unpaired) electrons. The molecular weight excluding hydrogens is 314 g/mol. The van der Waals surface area contributed by atoms with Crippen LogP contribution < -0.4 is 16.6 Å². The zero-order valence-electron chi connectivity index (χ0n) is 14.0. The molecule has 0 aliphatic heterocycles. The summed E-state index contributed by atoms with van der Waals surface area (Å²) in [5.74, 6) is 3.71. The maximum atomic E-state index is 11.8. The van der Waals surface area contributed by atoms with Gasteiger partial charge in [0.25, 0.3) is 5.91 Å². The van der Waals surface area contributed by atoms with Crippen LogP contribution in [0.25, 0.3) is 0 Å². The summed E-state index contributed by atoms with van der Waals surface area (Å²) in [5, 5.41) is 2.30. The van der Waals surface area contributed by atoms with Gasteiger partial charge in [0.2, 0.25) is 0 Å². The largest absolute Gasteiger partial charge is 0.460 e. The van der Waals surface area contributed by atoms with Gasteiger partial charge in [0.15, 0.2) is 0 Å². The Bertz CT molecular complexity index is 569. The van der Waals surface area contributed by atoms with E-state index in [0.717, 1.165) is 5.56 Å². The van der Waals surface area contributed by atoms with Crippen molar-refractivity contribution in [2.45, 2.75) is 45.4 Å². The Hall–Kier alpha value is -2.61. The molecule has 0 fully saturated rings. The SMILES string of the molecule is CC(C)(C)OC(=O)CC(NC(=O)OCc1ccccc1)C(=O)NN. The molecule has 0 aliphatic carbocycles. The lowest BCUT2D eigenvalue weighted by molar-refractivity contribution is -0.156. The molecule has 1 aromatic rings. The van der Waals surface area contributed by atoms with Crippen molar-refractivity contribution in [2.75, 3.05) is 0 Å². The molecular formula is C16H23N3O5. The van der Waals surface area contributed by atoms with E-state index in [1.165, 1.54) is 0 Å². The van der Waals surface area contributed by atoms with E-state index in [0.29, 0.717) is 0 Å². The smallest absolute Gasteiger partial charge is 0.408 e. The number of rotatable bonds is 6. The second kappa shape index (κ2) is 8.88. The Morgan fingerprint density at radius 2 is 1.79 bits per heavy atom. The summed E-state index contributed by atoms with van der Waals surface area (Å²) < 4.78 is 10.1. The second-order valence-corrected chi connectivity index (χ2v) is 6.06. The van der Waals surface area contributed by atoms with Crippen molar-refractivity contribution in [1.29, 1.82) is 0 Å². The summed E-state index contributed by atoms with van der Waals surface area (Å²) in [4.78, 5) is 35.3. The topological polar surface area (TPSA) is 120 Å². The van der Waals surface area contributed by atoms with E-state index < -0.39 is 29.6 Å². The lowest BCUT2D eigenvalue weighted by Gasteiger charge is -2.22. The van der Waals surface area contributed by atoms with Gasteiger partial charge in [0.05, 0.1) is 6.42 Å². The van der Waals surface area contributed by atoms with Crippen LogP contribution in [0.1, 0.15) is 32.8 Å². The van der Waals surface area contributed by atoms with Crippen LogP contribution in [0.2, 0.25) is 0 Å². The Balaban J connectivity index is 2.57. The maximum Gasteiger partial charge on any atom is 0.408 e. The number of hydrogen-bond acceptors (Lipinski definition) is 6. The third-order valence-electron chi connectivity index (χ3n) is 2.75. The molecule has 132 valence electrons. The molecule has 0 aliphatic rings.